The fourth-order valence-corrected chi connectivity index (χ4v) is 5.49. The van der Waals surface area contributed by atoms with Crippen molar-refractivity contribution in [2.75, 3.05) is 5.32 Å². The van der Waals surface area contributed by atoms with E-state index < -0.39 is 5.91 Å². The molecule has 3 N–H and O–H groups in total. The molecule has 0 unspecified atom stereocenters. The number of nitrogens with one attached hydrogen (secondary N) is 1. The predicted molar refractivity (Wildman–Crippen MR) is 119 cm³/mol. The lowest BCUT2D eigenvalue weighted by Gasteiger charge is -2.07. The maximum absolute atomic E-state index is 12.9. The third-order valence-corrected chi connectivity index (χ3v) is 6.91. The number of anilines is 1. The average Bonchev–Trinajstić information content (AvgIpc) is 3.09. The first kappa shape index (κ1) is 20.3. The Balaban J connectivity index is 1.58. The molecule has 2 heterocycles. The average molecular weight is 423 g/mol. The van der Waals surface area contributed by atoms with Gasteiger partial charge in [0.2, 0.25) is 5.91 Å². The lowest BCUT2D eigenvalue weighted by Crippen LogP contribution is -2.19. The Morgan fingerprint density at radius 1 is 1.13 bits per heavy atom. The second kappa shape index (κ2) is 8.44. The zero-order chi connectivity index (χ0) is 21.3. The third-order valence-electron chi connectivity index (χ3n) is 5.70. The smallest absolute Gasteiger partial charge is 0.251 e. The highest BCUT2D eigenvalue weighted by Gasteiger charge is 2.25. The maximum atomic E-state index is 12.9. The molecule has 0 fully saturated rings. The zero-order valence-electron chi connectivity index (χ0n) is 17.3. The van der Waals surface area contributed by atoms with Crippen LogP contribution in [-0.2, 0) is 24.1 Å². The molecule has 156 valence electrons. The number of aromatic nitrogens is 2. The van der Waals surface area contributed by atoms with E-state index >= 15 is 0 Å². The predicted octanol–water partition coefficient (Wildman–Crippen LogP) is 4.10. The lowest BCUT2D eigenvalue weighted by atomic mass is 10.0. The Hall–Kier alpha value is -2.93. The maximum Gasteiger partial charge on any atom is 0.251 e. The second-order valence-electron chi connectivity index (χ2n) is 7.75. The van der Waals surface area contributed by atoms with Crippen molar-refractivity contribution in [3.8, 4) is 5.69 Å². The number of fused-ring (bicyclic) bond motifs is 1. The number of nitrogens with two attached hydrogens (primary N) is 1. The summed E-state index contributed by atoms with van der Waals surface area (Å²) in [6.45, 7) is 3.88. The summed E-state index contributed by atoms with van der Waals surface area (Å²) in [5, 5.41) is 8.17. The third kappa shape index (κ3) is 3.89. The van der Waals surface area contributed by atoms with Crippen molar-refractivity contribution in [3.63, 3.8) is 0 Å². The van der Waals surface area contributed by atoms with Crippen LogP contribution in [0.3, 0.4) is 0 Å². The number of amides is 2. The Morgan fingerprint density at radius 2 is 1.87 bits per heavy atom. The number of primary amides is 1. The van der Waals surface area contributed by atoms with Gasteiger partial charge in [-0.15, -0.1) is 11.3 Å². The number of hydrogen-bond donors (Lipinski definition) is 2. The minimum Gasteiger partial charge on any atom is -0.365 e. The minimum absolute atomic E-state index is 0.160. The van der Waals surface area contributed by atoms with Crippen LogP contribution < -0.4 is 11.1 Å². The summed E-state index contributed by atoms with van der Waals surface area (Å²) in [5.74, 6) is -0.623. The van der Waals surface area contributed by atoms with Crippen LogP contribution in [-0.4, -0.2) is 21.6 Å². The summed E-state index contributed by atoms with van der Waals surface area (Å²) >= 11 is 1.50. The molecule has 30 heavy (non-hydrogen) atoms. The first-order chi connectivity index (χ1) is 14.5. The molecule has 1 aliphatic rings. The summed E-state index contributed by atoms with van der Waals surface area (Å²) < 4.78 is 1.86. The Kier molecular flexibility index (Phi) is 5.72. The number of para-hydroxylation sites is 1. The SMILES string of the molecule is Cc1nn(-c2ccccc2)c(C)c1CC(=O)Nc1sc2c(c1C(N)=O)CCCCC2. The molecule has 0 spiro atoms. The molecular formula is C23H26N4O2S. The zero-order valence-corrected chi connectivity index (χ0v) is 18.1. The highest BCUT2D eigenvalue weighted by molar-refractivity contribution is 7.17. The molecule has 2 aromatic heterocycles. The summed E-state index contributed by atoms with van der Waals surface area (Å²) in [5.41, 5.74) is 10.8. The lowest BCUT2D eigenvalue weighted by molar-refractivity contribution is -0.115. The Morgan fingerprint density at radius 3 is 2.60 bits per heavy atom. The Labute approximate surface area is 180 Å². The quantitative estimate of drug-likeness (QED) is 0.607. The van der Waals surface area contributed by atoms with Gasteiger partial charge in [0.1, 0.15) is 5.00 Å². The molecule has 0 saturated carbocycles. The molecule has 4 rings (SSSR count). The van der Waals surface area contributed by atoms with Crippen LogP contribution in [0.25, 0.3) is 5.69 Å². The topological polar surface area (TPSA) is 90.0 Å². The molecule has 1 aliphatic carbocycles. The molecule has 0 bridgehead atoms. The fraction of sp³-hybridized carbons (Fsp3) is 0.348. The molecule has 0 saturated heterocycles. The van der Waals surface area contributed by atoms with Gasteiger partial charge in [-0.1, -0.05) is 24.6 Å². The molecule has 0 radical (unpaired) electrons. The van der Waals surface area contributed by atoms with Crippen LogP contribution in [0.2, 0.25) is 0 Å². The standard InChI is InChI=1S/C23H26N4O2S/c1-14-18(15(2)27(26-14)16-9-5-3-6-10-16)13-20(28)25-23-21(22(24)29)17-11-7-4-8-12-19(17)30-23/h3,5-6,9-10H,4,7-8,11-13H2,1-2H3,(H2,24,29)(H,25,28). The van der Waals surface area contributed by atoms with E-state index in [1.807, 2.05) is 48.9 Å². The summed E-state index contributed by atoms with van der Waals surface area (Å²) in [4.78, 5) is 26.2. The van der Waals surface area contributed by atoms with Crippen molar-refractivity contribution in [2.45, 2.75) is 52.4 Å². The van der Waals surface area contributed by atoms with Crippen LogP contribution >= 0.6 is 11.3 Å². The molecule has 3 aromatic rings. The van der Waals surface area contributed by atoms with Crippen LogP contribution in [0.1, 0.15) is 57.0 Å². The van der Waals surface area contributed by atoms with Crippen molar-refractivity contribution in [3.05, 3.63) is 63.3 Å². The van der Waals surface area contributed by atoms with E-state index in [-0.39, 0.29) is 12.3 Å². The minimum atomic E-state index is -0.464. The number of carbonyl (C=O) groups is 2. The number of nitrogens with zero attached hydrogens (tertiary/aromatic N) is 2. The number of carbonyl (C=O) groups excluding carboxylic acids is 2. The van der Waals surface area contributed by atoms with Gasteiger partial charge in [-0.25, -0.2) is 4.68 Å². The van der Waals surface area contributed by atoms with E-state index in [9.17, 15) is 9.59 Å². The van der Waals surface area contributed by atoms with Crippen molar-refractivity contribution < 1.29 is 9.59 Å². The molecule has 2 amide bonds. The van der Waals surface area contributed by atoms with E-state index in [0.29, 0.717) is 10.6 Å². The van der Waals surface area contributed by atoms with Crippen molar-refractivity contribution >= 4 is 28.2 Å². The number of benzene rings is 1. The van der Waals surface area contributed by atoms with Gasteiger partial charge >= 0.3 is 0 Å². The molecule has 6 nitrogen and oxygen atoms in total. The van der Waals surface area contributed by atoms with Gasteiger partial charge < -0.3 is 11.1 Å². The van der Waals surface area contributed by atoms with E-state index in [0.717, 1.165) is 60.3 Å². The number of hydrogen-bond acceptors (Lipinski definition) is 4. The van der Waals surface area contributed by atoms with E-state index in [4.69, 9.17) is 5.73 Å². The number of rotatable bonds is 5. The summed E-state index contributed by atoms with van der Waals surface area (Å²) in [7, 11) is 0. The van der Waals surface area contributed by atoms with Gasteiger partial charge in [0, 0.05) is 16.1 Å². The van der Waals surface area contributed by atoms with Crippen molar-refractivity contribution in [1.82, 2.24) is 9.78 Å². The van der Waals surface area contributed by atoms with Gasteiger partial charge in [0.05, 0.1) is 23.4 Å². The molecule has 0 aliphatic heterocycles. The summed E-state index contributed by atoms with van der Waals surface area (Å²) in [6.07, 6.45) is 5.31. The van der Waals surface area contributed by atoms with Gasteiger partial charge in [-0.2, -0.15) is 5.10 Å². The van der Waals surface area contributed by atoms with Gasteiger partial charge in [-0.05, 0) is 57.2 Å². The molecular weight excluding hydrogens is 396 g/mol. The van der Waals surface area contributed by atoms with Gasteiger partial charge in [0.25, 0.3) is 5.91 Å². The van der Waals surface area contributed by atoms with Gasteiger partial charge in [-0.3, -0.25) is 9.59 Å². The molecule has 0 atom stereocenters. The fourth-order valence-electron chi connectivity index (χ4n) is 4.17. The van der Waals surface area contributed by atoms with Gasteiger partial charge in [0.15, 0.2) is 0 Å². The number of thiophene rings is 1. The number of aryl methyl sites for hydroxylation is 2. The first-order valence-corrected chi connectivity index (χ1v) is 11.1. The van der Waals surface area contributed by atoms with Crippen molar-refractivity contribution in [2.24, 2.45) is 5.73 Å². The molecule has 1 aromatic carbocycles. The van der Waals surface area contributed by atoms with Crippen LogP contribution in [0.5, 0.6) is 0 Å². The molecule has 7 heteroatoms. The largest absolute Gasteiger partial charge is 0.365 e. The van der Waals surface area contributed by atoms with Crippen LogP contribution in [0, 0.1) is 13.8 Å². The highest BCUT2D eigenvalue weighted by atomic mass is 32.1. The second-order valence-corrected chi connectivity index (χ2v) is 8.86. The highest BCUT2D eigenvalue weighted by Crippen LogP contribution is 2.37. The van der Waals surface area contributed by atoms with E-state index in [2.05, 4.69) is 10.4 Å². The van der Waals surface area contributed by atoms with Crippen LogP contribution in [0.4, 0.5) is 5.00 Å². The first-order valence-electron chi connectivity index (χ1n) is 10.3. The van der Waals surface area contributed by atoms with Crippen LogP contribution in [0.15, 0.2) is 30.3 Å². The Bertz CT molecular complexity index is 1100. The normalized spacial score (nSPS) is 13.5. The summed E-state index contributed by atoms with van der Waals surface area (Å²) in [6, 6.07) is 9.86. The van der Waals surface area contributed by atoms with Crippen molar-refractivity contribution in [1.29, 1.82) is 0 Å². The monoisotopic (exact) mass is 422 g/mol. The van der Waals surface area contributed by atoms with E-state index in [1.54, 1.807) is 0 Å². The van der Waals surface area contributed by atoms with E-state index in [1.165, 1.54) is 16.2 Å².